The maximum absolute atomic E-state index is 13.9. The van der Waals surface area contributed by atoms with Crippen molar-refractivity contribution < 1.29 is 23.5 Å². The van der Waals surface area contributed by atoms with E-state index >= 15 is 0 Å². The van der Waals surface area contributed by atoms with Crippen LogP contribution in [0.15, 0.2) is 78.9 Å². The lowest BCUT2D eigenvalue weighted by Gasteiger charge is -2.36. The Labute approximate surface area is 186 Å². The number of rotatable bonds is 6. The van der Waals surface area contributed by atoms with Crippen LogP contribution in [0.5, 0.6) is 0 Å². The molecule has 0 aliphatic carbocycles. The number of hydrogen-bond donors (Lipinski definition) is 1. The molecule has 32 heavy (non-hydrogen) atoms. The number of benzene rings is 3. The number of carbonyl (C=O) groups is 2. The summed E-state index contributed by atoms with van der Waals surface area (Å²) in [5, 5.41) is 2.91. The Morgan fingerprint density at radius 1 is 0.938 bits per heavy atom. The van der Waals surface area contributed by atoms with Gasteiger partial charge in [0, 0.05) is 18.9 Å². The van der Waals surface area contributed by atoms with Crippen LogP contribution in [0, 0.1) is 5.82 Å². The number of carbonyl (C=O) groups excluding carboxylic acids is 2. The van der Waals surface area contributed by atoms with Crippen molar-refractivity contribution in [3.05, 3.63) is 101 Å². The molecule has 0 atom stereocenters. The molecule has 0 bridgehead atoms. The molecule has 1 fully saturated rings. The Morgan fingerprint density at radius 3 is 2.44 bits per heavy atom. The first kappa shape index (κ1) is 21.7. The molecule has 0 spiro atoms. The Bertz CT molecular complexity index is 1090. The number of anilines is 1. The fourth-order valence-corrected chi connectivity index (χ4v) is 3.93. The molecule has 6 heteroatoms. The van der Waals surface area contributed by atoms with Gasteiger partial charge >= 0.3 is 5.97 Å². The van der Waals surface area contributed by atoms with Crippen LogP contribution in [0.3, 0.4) is 0 Å². The smallest absolute Gasteiger partial charge is 0.338 e. The highest BCUT2D eigenvalue weighted by molar-refractivity contribution is 6.00. The number of halogens is 1. The summed E-state index contributed by atoms with van der Waals surface area (Å²) in [4.78, 5) is 25.9. The fourth-order valence-electron chi connectivity index (χ4n) is 3.93. The first-order chi connectivity index (χ1) is 15.6. The van der Waals surface area contributed by atoms with Gasteiger partial charge in [-0.05, 0) is 54.3 Å². The van der Waals surface area contributed by atoms with Crippen molar-refractivity contribution in [1.29, 1.82) is 0 Å². The molecule has 3 aromatic rings. The van der Waals surface area contributed by atoms with Crippen LogP contribution < -0.4 is 5.32 Å². The monoisotopic (exact) mass is 433 g/mol. The topological polar surface area (TPSA) is 64.6 Å². The van der Waals surface area contributed by atoms with Gasteiger partial charge in [0.2, 0.25) is 5.91 Å². The maximum Gasteiger partial charge on any atom is 0.338 e. The van der Waals surface area contributed by atoms with Gasteiger partial charge in [0.1, 0.15) is 12.4 Å². The molecule has 0 saturated carbocycles. The van der Waals surface area contributed by atoms with E-state index in [2.05, 4.69) is 5.32 Å². The lowest BCUT2D eigenvalue weighted by molar-refractivity contribution is -0.125. The van der Waals surface area contributed by atoms with Crippen molar-refractivity contribution in [3.63, 3.8) is 0 Å². The zero-order chi connectivity index (χ0) is 22.4. The third-order valence-electron chi connectivity index (χ3n) is 5.73. The molecule has 0 aromatic heterocycles. The number of esters is 1. The van der Waals surface area contributed by atoms with Crippen LogP contribution in [0.1, 0.15) is 34.3 Å². The van der Waals surface area contributed by atoms with Gasteiger partial charge in [-0.3, -0.25) is 4.79 Å². The summed E-state index contributed by atoms with van der Waals surface area (Å²) in [5.74, 6) is -1.11. The van der Waals surface area contributed by atoms with E-state index in [-0.39, 0.29) is 18.3 Å². The summed E-state index contributed by atoms with van der Waals surface area (Å²) < 4.78 is 24.7. The van der Waals surface area contributed by atoms with E-state index in [0.29, 0.717) is 42.9 Å². The molecular weight excluding hydrogens is 409 g/mol. The van der Waals surface area contributed by atoms with Gasteiger partial charge < -0.3 is 14.8 Å². The van der Waals surface area contributed by atoms with Crippen molar-refractivity contribution in [2.45, 2.75) is 24.9 Å². The van der Waals surface area contributed by atoms with Gasteiger partial charge in [-0.2, -0.15) is 0 Å². The first-order valence-corrected chi connectivity index (χ1v) is 10.5. The van der Waals surface area contributed by atoms with Crippen LogP contribution in [0.2, 0.25) is 0 Å². The maximum atomic E-state index is 13.9. The average Bonchev–Trinajstić information content (AvgIpc) is 2.84. The van der Waals surface area contributed by atoms with Crippen LogP contribution in [-0.2, 0) is 26.3 Å². The molecular formula is C26H24FNO4. The predicted molar refractivity (Wildman–Crippen MR) is 119 cm³/mol. The van der Waals surface area contributed by atoms with Crippen molar-refractivity contribution >= 4 is 17.6 Å². The molecule has 1 N–H and O–H groups in total. The quantitative estimate of drug-likeness (QED) is 0.564. The second-order valence-electron chi connectivity index (χ2n) is 7.80. The lowest BCUT2D eigenvalue weighted by atomic mass is 9.73. The molecule has 0 unspecified atom stereocenters. The minimum absolute atomic E-state index is 0.166. The highest BCUT2D eigenvalue weighted by Crippen LogP contribution is 2.36. The molecule has 1 aliphatic rings. The number of nitrogens with one attached hydrogen (secondary N) is 1. The van der Waals surface area contributed by atoms with Gasteiger partial charge in [0.25, 0.3) is 0 Å². The Balaban J connectivity index is 1.50. The molecule has 164 valence electrons. The molecule has 1 saturated heterocycles. The molecule has 1 heterocycles. The van der Waals surface area contributed by atoms with Crippen molar-refractivity contribution in [3.8, 4) is 0 Å². The van der Waals surface area contributed by atoms with E-state index in [1.54, 1.807) is 36.4 Å². The predicted octanol–water partition coefficient (Wildman–Crippen LogP) is 4.87. The van der Waals surface area contributed by atoms with Crippen LogP contribution >= 0.6 is 0 Å². The normalized spacial score (nSPS) is 15.0. The SMILES string of the molecule is O=C(OCc1ccccc1)c1cccc(NC(=O)C2(c3cccc(F)c3)CCOCC2)c1. The van der Waals surface area contributed by atoms with Gasteiger partial charge in [-0.15, -0.1) is 0 Å². The summed E-state index contributed by atoms with van der Waals surface area (Å²) in [6, 6.07) is 22.2. The van der Waals surface area contributed by atoms with E-state index in [1.807, 2.05) is 30.3 Å². The summed E-state index contributed by atoms with van der Waals surface area (Å²) in [5.41, 5.74) is 1.43. The minimum Gasteiger partial charge on any atom is -0.457 e. The van der Waals surface area contributed by atoms with Gasteiger partial charge in [-0.25, -0.2) is 9.18 Å². The molecule has 1 amide bonds. The highest BCUT2D eigenvalue weighted by atomic mass is 19.1. The second-order valence-corrected chi connectivity index (χ2v) is 7.80. The Kier molecular flexibility index (Phi) is 6.61. The van der Waals surface area contributed by atoms with E-state index in [4.69, 9.17) is 9.47 Å². The molecule has 3 aromatic carbocycles. The van der Waals surface area contributed by atoms with E-state index in [0.717, 1.165) is 5.56 Å². The summed E-state index contributed by atoms with van der Waals surface area (Å²) in [6.45, 7) is 0.991. The van der Waals surface area contributed by atoms with Crippen molar-refractivity contribution in [2.24, 2.45) is 0 Å². The first-order valence-electron chi connectivity index (χ1n) is 10.5. The second kappa shape index (κ2) is 9.75. The summed E-state index contributed by atoms with van der Waals surface area (Å²) >= 11 is 0. The van der Waals surface area contributed by atoms with Gasteiger partial charge in [0.15, 0.2) is 0 Å². The van der Waals surface area contributed by atoms with E-state index < -0.39 is 11.4 Å². The third-order valence-corrected chi connectivity index (χ3v) is 5.73. The summed E-state index contributed by atoms with van der Waals surface area (Å²) in [6.07, 6.45) is 0.891. The zero-order valence-corrected chi connectivity index (χ0v) is 17.6. The lowest BCUT2D eigenvalue weighted by Crippen LogP contribution is -2.45. The highest BCUT2D eigenvalue weighted by Gasteiger charge is 2.42. The minimum atomic E-state index is -0.899. The van der Waals surface area contributed by atoms with Gasteiger partial charge in [0.05, 0.1) is 11.0 Å². The number of ether oxygens (including phenoxy) is 2. The van der Waals surface area contributed by atoms with Crippen LogP contribution in [0.25, 0.3) is 0 Å². The van der Waals surface area contributed by atoms with Crippen molar-refractivity contribution in [1.82, 2.24) is 0 Å². The van der Waals surface area contributed by atoms with Gasteiger partial charge in [-0.1, -0.05) is 48.5 Å². The Hall–Kier alpha value is -3.51. The Morgan fingerprint density at radius 2 is 1.69 bits per heavy atom. The van der Waals surface area contributed by atoms with E-state index in [1.165, 1.54) is 12.1 Å². The molecule has 4 rings (SSSR count). The number of hydrogen-bond acceptors (Lipinski definition) is 4. The number of amides is 1. The molecule has 1 aliphatic heterocycles. The standard InChI is InChI=1S/C26H24FNO4/c27-22-10-5-9-21(17-22)26(12-14-31-15-13-26)25(30)28-23-11-4-8-20(16-23)24(29)32-18-19-6-2-1-3-7-19/h1-11,16-17H,12-15,18H2,(H,28,30). The molecule has 5 nitrogen and oxygen atoms in total. The largest absolute Gasteiger partial charge is 0.457 e. The van der Waals surface area contributed by atoms with Crippen molar-refractivity contribution in [2.75, 3.05) is 18.5 Å². The average molecular weight is 433 g/mol. The summed E-state index contributed by atoms with van der Waals surface area (Å²) in [7, 11) is 0. The van der Waals surface area contributed by atoms with Crippen LogP contribution in [-0.4, -0.2) is 25.1 Å². The van der Waals surface area contributed by atoms with Crippen LogP contribution in [0.4, 0.5) is 10.1 Å². The molecule has 0 radical (unpaired) electrons. The fraction of sp³-hybridized carbons (Fsp3) is 0.231. The third kappa shape index (κ3) is 4.86. The van der Waals surface area contributed by atoms with E-state index in [9.17, 15) is 14.0 Å². The zero-order valence-electron chi connectivity index (χ0n) is 17.6.